The SMILES string of the molecule is CN(C)CCCNC(=O)[C@@H]1C[C@H](CN2CCCC2)CN(CCc2ccccc2)C1. The molecule has 2 atom stereocenters. The van der Waals surface area contributed by atoms with Gasteiger partial charge >= 0.3 is 0 Å². The molecule has 0 unspecified atom stereocenters. The van der Waals surface area contributed by atoms with Crippen LogP contribution in [0.4, 0.5) is 0 Å². The quantitative estimate of drug-likeness (QED) is 0.612. The lowest BCUT2D eigenvalue weighted by atomic mass is 9.87. The van der Waals surface area contributed by atoms with Gasteiger partial charge in [0.25, 0.3) is 0 Å². The molecule has 1 aromatic carbocycles. The molecular weight excluding hydrogens is 360 g/mol. The molecule has 0 saturated carbocycles. The summed E-state index contributed by atoms with van der Waals surface area (Å²) in [4.78, 5) is 20.2. The summed E-state index contributed by atoms with van der Waals surface area (Å²) in [5.41, 5.74) is 1.39. The minimum atomic E-state index is 0.131. The first-order chi connectivity index (χ1) is 14.1. The Morgan fingerprint density at radius 2 is 1.86 bits per heavy atom. The molecule has 3 rings (SSSR count). The van der Waals surface area contributed by atoms with Gasteiger partial charge in [0.1, 0.15) is 0 Å². The molecule has 29 heavy (non-hydrogen) atoms. The Bertz CT molecular complexity index is 600. The maximum absolute atomic E-state index is 12.9. The number of benzene rings is 1. The second-order valence-electron chi connectivity index (χ2n) is 9.25. The number of nitrogens with zero attached hydrogens (tertiary/aromatic N) is 3. The highest BCUT2D eigenvalue weighted by Gasteiger charge is 2.32. The second-order valence-corrected chi connectivity index (χ2v) is 9.25. The fraction of sp³-hybridized carbons (Fsp3) is 0.708. The summed E-state index contributed by atoms with van der Waals surface area (Å²) < 4.78 is 0. The Kier molecular flexibility index (Phi) is 8.96. The van der Waals surface area contributed by atoms with Crippen molar-refractivity contribution in [2.24, 2.45) is 11.8 Å². The van der Waals surface area contributed by atoms with E-state index in [0.717, 1.165) is 58.5 Å². The maximum atomic E-state index is 12.9. The lowest BCUT2D eigenvalue weighted by Gasteiger charge is -2.38. The van der Waals surface area contributed by atoms with Gasteiger partial charge in [-0.1, -0.05) is 30.3 Å². The van der Waals surface area contributed by atoms with Crippen LogP contribution in [0, 0.1) is 11.8 Å². The first kappa shape index (κ1) is 22.3. The largest absolute Gasteiger partial charge is 0.356 e. The van der Waals surface area contributed by atoms with Crippen molar-refractivity contribution in [3.05, 3.63) is 35.9 Å². The van der Waals surface area contributed by atoms with Crippen LogP contribution in [0.5, 0.6) is 0 Å². The van der Waals surface area contributed by atoms with Crippen LogP contribution in [0.1, 0.15) is 31.2 Å². The number of hydrogen-bond donors (Lipinski definition) is 1. The third kappa shape index (κ3) is 7.72. The molecule has 1 amide bonds. The van der Waals surface area contributed by atoms with Crippen molar-refractivity contribution in [1.82, 2.24) is 20.0 Å². The summed E-state index contributed by atoms with van der Waals surface area (Å²) in [6.45, 7) is 8.53. The van der Waals surface area contributed by atoms with Crippen molar-refractivity contribution in [3.8, 4) is 0 Å². The van der Waals surface area contributed by atoms with Crippen LogP contribution in [0.3, 0.4) is 0 Å². The Morgan fingerprint density at radius 1 is 1.10 bits per heavy atom. The Morgan fingerprint density at radius 3 is 2.59 bits per heavy atom. The van der Waals surface area contributed by atoms with Gasteiger partial charge < -0.3 is 20.0 Å². The van der Waals surface area contributed by atoms with Gasteiger partial charge in [-0.2, -0.15) is 0 Å². The van der Waals surface area contributed by atoms with E-state index in [2.05, 4.69) is 64.4 Å². The molecule has 1 N–H and O–H groups in total. The third-order valence-corrected chi connectivity index (χ3v) is 6.34. The molecule has 2 fully saturated rings. The van der Waals surface area contributed by atoms with Gasteiger partial charge in [0.2, 0.25) is 5.91 Å². The Hall–Kier alpha value is -1.43. The van der Waals surface area contributed by atoms with E-state index in [1.165, 1.54) is 31.5 Å². The van der Waals surface area contributed by atoms with Gasteiger partial charge in [0.05, 0.1) is 5.92 Å². The first-order valence-corrected chi connectivity index (χ1v) is 11.5. The monoisotopic (exact) mass is 400 g/mol. The lowest BCUT2D eigenvalue weighted by Crippen LogP contribution is -2.49. The summed E-state index contributed by atoms with van der Waals surface area (Å²) in [7, 11) is 4.16. The third-order valence-electron chi connectivity index (χ3n) is 6.34. The Labute approximate surface area is 177 Å². The molecule has 0 aliphatic carbocycles. The molecule has 2 aliphatic rings. The van der Waals surface area contributed by atoms with Gasteiger partial charge in [-0.25, -0.2) is 0 Å². The standard InChI is InChI=1S/C24H40N4O/c1-26(2)13-8-12-25-24(29)23-17-22(18-27-14-6-7-15-27)19-28(20-23)16-11-21-9-4-3-5-10-21/h3-5,9-10,22-23H,6-8,11-20H2,1-2H3,(H,25,29)/t22-,23-/m1/s1. The van der Waals surface area contributed by atoms with Crippen molar-refractivity contribution >= 4 is 5.91 Å². The summed E-state index contributed by atoms with van der Waals surface area (Å²) in [5, 5.41) is 3.21. The van der Waals surface area contributed by atoms with Crippen LogP contribution in [0.15, 0.2) is 30.3 Å². The van der Waals surface area contributed by atoms with E-state index in [1.54, 1.807) is 0 Å². The number of carbonyl (C=O) groups excluding carboxylic acids is 1. The van der Waals surface area contributed by atoms with Crippen molar-refractivity contribution in [3.63, 3.8) is 0 Å². The van der Waals surface area contributed by atoms with Crippen LogP contribution in [0.2, 0.25) is 0 Å². The van der Waals surface area contributed by atoms with Crippen LogP contribution in [-0.4, -0.2) is 87.1 Å². The van der Waals surface area contributed by atoms with Gasteiger partial charge in [-0.15, -0.1) is 0 Å². The summed E-state index contributed by atoms with van der Waals surface area (Å²) in [6.07, 6.45) is 5.78. The van der Waals surface area contributed by atoms with Crippen LogP contribution >= 0.6 is 0 Å². The van der Waals surface area contributed by atoms with E-state index < -0.39 is 0 Å². The van der Waals surface area contributed by atoms with Crippen molar-refractivity contribution < 1.29 is 4.79 Å². The predicted molar refractivity (Wildman–Crippen MR) is 120 cm³/mol. The highest BCUT2D eigenvalue weighted by atomic mass is 16.1. The van der Waals surface area contributed by atoms with E-state index in [4.69, 9.17) is 0 Å². The first-order valence-electron chi connectivity index (χ1n) is 11.5. The molecule has 2 saturated heterocycles. The minimum Gasteiger partial charge on any atom is -0.356 e. The predicted octanol–water partition coefficient (Wildman–Crippen LogP) is 2.33. The smallest absolute Gasteiger partial charge is 0.224 e. The van der Waals surface area contributed by atoms with Gasteiger partial charge in [-0.3, -0.25) is 4.79 Å². The highest BCUT2D eigenvalue weighted by molar-refractivity contribution is 5.79. The number of amides is 1. The average Bonchev–Trinajstić information content (AvgIpc) is 3.23. The summed E-state index contributed by atoms with van der Waals surface area (Å²) in [6, 6.07) is 10.7. The van der Waals surface area contributed by atoms with Crippen molar-refractivity contribution in [2.75, 3.05) is 66.5 Å². The second kappa shape index (κ2) is 11.7. The van der Waals surface area contributed by atoms with Crippen molar-refractivity contribution in [2.45, 2.75) is 32.1 Å². The van der Waals surface area contributed by atoms with Crippen LogP contribution in [0.25, 0.3) is 0 Å². The van der Waals surface area contributed by atoms with E-state index in [0.29, 0.717) is 5.92 Å². The Balaban J connectivity index is 1.53. The fourth-order valence-electron chi connectivity index (χ4n) is 4.82. The van der Waals surface area contributed by atoms with Crippen LogP contribution < -0.4 is 5.32 Å². The number of hydrogen-bond acceptors (Lipinski definition) is 4. The minimum absolute atomic E-state index is 0.131. The zero-order valence-electron chi connectivity index (χ0n) is 18.5. The van der Waals surface area contributed by atoms with Gasteiger partial charge in [0.15, 0.2) is 0 Å². The number of nitrogens with one attached hydrogen (secondary N) is 1. The average molecular weight is 401 g/mol. The maximum Gasteiger partial charge on any atom is 0.224 e. The molecule has 2 heterocycles. The molecule has 0 spiro atoms. The molecule has 2 aliphatic heterocycles. The molecular formula is C24H40N4O. The molecule has 0 radical (unpaired) electrons. The molecule has 162 valence electrons. The van der Waals surface area contributed by atoms with Crippen molar-refractivity contribution in [1.29, 1.82) is 0 Å². The molecule has 5 heteroatoms. The summed E-state index contributed by atoms with van der Waals surface area (Å²) >= 11 is 0. The van der Waals surface area contributed by atoms with Gasteiger partial charge in [-0.05, 0) is 77.3 Å². The van der Waals surface area contributed by atoms with E-state index in [1.807, 2.05) is 0 Å². The van der Waals surface area contributed by atoms with Crippen LogP contribution in [-0.2, 0) is 11.2 Å². The molecule has 0 bridgehead atoms. The van der Waals surface area contributed by atoms with Gasteiger partial charge in [0, 0.05) is 32.7 Å². The normalized spacial score (nSPS) is 23.6. The van der Waals surface area contributed by atoms with E-state index in [9.17, 15) is 4.79 Å². The number of piperidine rings is 1. The fourth-order valence-corrected chi connectivity index (χ4v) is 4.82. The zero-order chi connectivity index (χ0) is 20.5. The zero-order valence-corrected chi connectivity index (χ0v) is 18.5. The number of rotatable bonds is 10. The summed E-state index contributed by atoms with van der Waals surface area (Å²) in [5.74, 6) is 1.00. The van der Waals surface area contributed by atoms with E-state index in [-0.39, 0.29) is 11.8 Å². The van der Waals surface area contributed by atoms with E-state index >= 15 is 0 Å². The molecule has 1 aromatic rings. The number of likely N-dealkylation sites (tertiary alicyclic amines) is 2. The molecule has 0 aromatic heterocycles. The number of carbonyl (C=O) groups is 1. The lowest BCUT2D eigenvalue weighted by molar-refractivity contribution is -0.127. The topological polar surface area (TPSA) is 38.8 Å². The highest BCUT2D eigenvalue weighted by Crippen LogP contribution is 2.25. The molecule has 5 nitrogen and oxygen atoms in total.